The highest BCUT2D eigenvalue weighted by atomic mass is 16.5. The summed E-state index contributed by atoms with van der Waals surface area (Å²) < 4.78 is 5.95. The van der Waals surface area contributed by atoms with Crippen LogP contribution in [0.15, 0.2) is 72.5 Å². The molecule has 0 saturated heterocycles. The molecule has 0 radical (unpaired) electrons. The Hall–Kier alpha value is -3.37. The highest BCUT2D eigenvalue weighted by Gasteiger charge is 2.30. The lowest BCUT2D eigenvalue weighted by Gasteiger charge is -2.20. The Labute approximate surface area is 183 Å². The van der Waals surface area contributed by atoms with Crippen molar-refractivity contribution in [1.82, 2.24) is 0 Å². The van der Waals surface area contributed by atoms with E-state index in [0.717, 1.165) is 36.1 Å². The number of ether oxygens (including phenoxy) is 1. The van der Waals surface area contributed by atoms with Crippen LogP contribution in [0.4, 0.5) is 0 Å². The number of quaternary nitrogens is 1. The van der Waals surface area contributed by atoms with Gasteiger partial charge in [0.15, 0.2) is 5.76 Å². The SMILES string of the molecule is CCCC[NH+](C)Cc1c([O-])ccc2c1O/C(=C\c1ccc(-c3ccccc3)cc1)C2=O. The third-order valence-electron chi connectivity index (χ3n) is 5.65. The maximum atomic E-state index is 12.9. The van der Waals surface area contributed by atoms with Gasteiger partial charge in [0.25, 0.3) is 0 Å². The van der Waals surface area contributed by atoms with Gasteiger partial charge in [-0.1, -0.05) is 79.8 Å². The number of fused-ring (bicyclic) bond motifs is 1. The molecule has 4 nitrogen and oxygen atoms in total. The predicted molar refractivity (Wildman–Crippen MR) is 121 cm³/mol. The summed E-state index contributed by atoms with van der Waals surface area (Å²) in [6.07, 6.45) is 3.96. The molecule has 0 spiro atoms. The fraction of sp³-hybridized carbons (Fsp3) is 0.222. The topological polar surface area (TPSA) is 53.8 Å². The van der Waals surface area contributed by atoms with Crippen LogP contribution in [-0.4, -0.2) is 19.4 Å². The number of carbonyl (C=O) groups excluding carboxylic acids is 1. The highest BCUT2D eigenvalue weighted by molar-refractivity contribution is 6.15. The number of rotatable bonds is 7. The molecule has 0 saturated carbocycles. The third-order valence-corrected chi connectivity index (χ3v) is 5.65. The van der Waals surface area contributed by atoms with E-state index in [4.69, 9.17) is 4.74 Å². The first kappa shape index (κ1) is 20.9. The van der Waals surface area contributed by atoms with Gasteiger partial charge in [-0.3, -0.25) is 4.79 Å². The van der Waals surface area contributed by atoms with Crippen molar-refractivity contribution in [3.63, 3.8) is 0 Å². The summed E-state index contributed by atoms with van der Waals surface area (Å²) in [6, 6.07) is 21.2. The van der Waals surface area contributed by atoms with Gasteiger partial charge in [-0.25, -0.2) is 0 Å². The van der Waals surface area contributed by atoms with E-state index in [9.17, 15) is 9.90 Å². The van der Waals surface area contributed by atoms with Crippen LogP contribution in [0.3, 0.4) is 0 Å². The molecule has 1 N–H and O–H groups in total. The monoisotopic (exact) mass is 413 g/mol. The molecule has 3 aromatic carbocycles. The number of unbranched alkanes of at least 4 members (excludes halogenated alkanes) is 1. The van der Waals surface area contributed by atoms with E-state index in [2.05, 4.69) is 26.1 Å². The maximum Gasteiger partial charge on any atom is 0.231 e. The molecule has 1 aliphatic heterocycles. The summed E-state index contributed by atoms with van der Waals surface area (Å²) in [5.41, 5.74) is 4.20. The van der Waals surface area contributed by atoms with Crippen molar-refractivity contribution >= 4 is 11.9 Å². The molecule has 1 aliphatic rings. The lowest BCUT2D eigenvalue weighted by Crippen LogP contribution is -3.07. The summed E-state index contributed by atoms with van der Waals surface area (Å²) in [4.78, 5) is 14.1. The first-order valence-corrected chi connectivity index (χ1v) is 10.8. The first-order chi connectivity index (χ1) is 15.1. The van der Waals surface area contributed by atoms with Gasteiger partial charge in [0, 0.05) is 5.56 Å². The van der Waals surface area contributed by atoms with Crippen LogP contribution in [0.5, 0.6) is 11.5 Å². The Morgan fingerprint density at radius 1 is 0.968 bits per heavy atom. The molecule has 0 bridgehead atoms. The number of carbonyl (C=O) groups is 1. The molecule has 3 aromatic rings. The molecule has 158 valence electrons. The molecule has 1 unspecified atom stereocenters. The van der Waals surface area contributed by atoms with Crippen LogP contribution in [0, 0.1) is 0 Å². The predicted octanol–water partition coefficient (Wildman–Crippen LogP) is 3.86. The average Bonchev–Trinajstić information content (AvgIpc) is 3.11. The van der Waals surface area contributed by atoms with E-state index in [1.54, 1.807) is 12.1 Å². The molecular formula is C27H27NO3. The maximum absolute atomic E-state index is 12.9. The zero-order valence-electron chi connectivity index (χ0n) is 18.0. The molecule has 0 aromatic heterocycles. The Bertz CT molecular complexity index is 1100. The van der Waals surface area contributed by atoms with Crippen LogP contribution >= 0.6 is 0 Å². The highest BCUT2D eigenvalue weighted by Crippen LogP contribution is 2.38. The zero-order valence-corrected chi connectivity index (χ0v) is 18.0. The number of hydrogen-bond acceptors (Lipinski definition) is 3. The minimum absolute atomic E-state index is 0.0733. The number of allylic oxidation sites excluding steroid dienone is 1. The summed E-state index contributed by atoms with van der Waals surface area (Å²) in [6.45, 7) is 3.68. The molecule has 4 rings (SSSR count). The summed E-state index contributed by atoms with van der Waals surface area (Å²) in [7, 11) is 2.07. The minimum atomic E-state index is -0.172. The van der Waals surface area contributed by atoms with Crippen LogP contribution < -0.4 is 14.7 Å². The molecule has 0 fully saturated rings. The molecule has 0 amide bonds. The summed E-state index contributed by atoms with van der Waals surface area (Å²) in [5, 5.41) is 12.5. The van der Waals surface area contributed by atoms with E-state index < -0.39 is 0 Å². The lowest BCUT2D eigenvalue weighted by molar-refractivity contribution is -0.894. The van der Waals surface area contributed by atoms with Crippen molar-refractivity contribution in [2.45, 2.75) is 26.3 Å². The molecule has 0 aliphatic carbocycles. The standard InChI is InChI=1S/C27H27NO3/c1-3-4-16-28(2)18-23-24(29)15-14-22-26(30)25(31-27(22)23)17-19-10-12-21(13-11-19)20-8-6-5-7-9-20/h5-15,17,29H,3-4,16,18H2,1-2H3/b25-17-. The number of ketones is 1. The fourth-order valence-electron chi connectivity index (χ4n) is 3.88. The molecule has 1 heterocycles. The number of Topliss-reactive ketones (excluding diaryl/α,β-unsaturated/α-hetero) is 1. The number of nitrogens with one attached hydrogen (secondary N) is 1. The van der Waals surface area contributed by atoms with Crippen molar-refractivity contribution in [1.29, 1.82) is 0 Å². The molecule has 31 heavy (non-hydrogen) atoms. The van der Waals surface area contributed by atoms with Gasteiger partial charge in [-0.05, 0) is 35.3 Å². The van der Waals surface area contributed by atoms with Crippen molar-refractivity contribution in [3.8, 4) is 22.6 Å². The Kier molecular flexibility index (Phi) is 6.19. The third kappa shape index (κ3) is 4.54. The zero-order chi connectivity index (χ0) is 21.8. The number of hydrogen-bond donors (Lipinski definition) is 1. The Morgan fingerprint density at radius 3 is 2.39 bits per heavy atom. The van der Waals surface area contributed by atoms with E-state index in [-0.39, 0.29) is 17.3 Å². The second-order valence-electron chi connectivity index (χ2n) is 8.08. The Morgan fingerprint density at radius 2 is 1.68 bits per heavy atom. The normalized spacial score (nSPS) is 15.0. The van der Waals surface area contributed by atoms with Crippen molar-refractivity contribution in [3.05, 3.63) is 89.2 Å². The number of benzene rings is 3. The van der Waals surface area contributed by atoms with Crippen LogP contribution in [0.25, 0.3) is 17.2 Å². The Balaban J connectivity index is 1.57. The fourth-order valence-corrected chi connectivity index (χ4v) is 3.88. The van der Waals surface area contributed by atoms with Gasteiger partial charge in [-0.15, -0.1) is 0 Å². The van der Waals surface area contributed by atoms with E-state index >= 15 is 0 Å². The van der Waals surface area contributed by atoms with Crippen LogP contribution in [0.2, 0.25) is 0 Å². The summed E-state index contributed by atoms with van der Waals surface area (Å²) in [5.74, 6) is 0.450. The molecule has 1 atom stereocenters. The van der Waals surface area contributed by atoms with Gasteiger partial charge in [0.05, 0.1) is 19.2 Å². The van der Waals surface area contributed by atoms with E-state index in [1.165, 1.54) is 11.0 Å². The largest absolute Gasteiger partial charge is 0.872 e. The van der Waals surface area contributed by atoms with Gasteiger partial charge in [0.1, 0.15) is 12.3 Å². The minimum Gasteiger partial charge on any atom is -0.872 e. The van der Waals surface area contributed by atoms with Crippen LogP contribution in [-0.2, 0) is 6.54 Å². The van der Waals surface area contributed by atoms with Gasteiger partial charge >= 0.3 is 0 Å². The van der Waals surface area contributed by atoms with Crippen molar-refractivity contribution < 1.29 is 19.5 Å². The molecule has 4 heteroatoms. The average molecular weight is 414 g/mol. The van der Waals surface area contributed by atoms with E-state index in [1.807, 2.05) is 42.5 Å². The smallest absolute Gasteiger partial charge is 0.231 e. The quantitative estimate of drug-likeness (QED) is 0.599. The second-order valence-corrected chi connectivity index (χ2v) is 8.08. The summed E-state index contributed by atoms with van der Waals surface area (Å²) >= 11 is 0. The van der Waals surface area contributed by atoms with Crippen LogP contribution in [0.1, 0.15) is 41.3 Å². The van der Waals surface area contributed by atoms with Gasteiger partial charge in [0.2, 0.25) is 5.78 Å². The lowest BCUT2D eigenvalue weighted by atomic mass is 10.0. The van der Waals surface area contributed by atoms with E-state index in [0.29, 0.717) is 23.4 Å². The van der Waals surface area contributed by atoms with Crippen molar-refractivity contribution in [2.24, 2.45) is 0 Å². The second kappa shape index (κ2) is 9.19. The van der Waals surface area contributed by atoms with Gasteiger partial charge in [-0.2, -0.15) is 0 Å². The molecular weight excluding hydrogens is 386 g/mol. The van der Waals surface area contributed by atoms with Crippen molar-refractivity contribution in [2.75, 3.05) is 13.6 Å². The van der Waals surface area contributed by atoms with Gasteiger partial charge < -0.3 is 14.7 Å². The first-order valence-electron chi connectivity index (χ1n) is 10.8.